The molecule has 0 aliphatic heterocycles. The van der Waals surface area contributed by atoms with E-state index in [9.17, 15) is 8.42 Å². The van der Waals surface area contributed by atoms with Crippen LogP contribution in [0.5, 0.6) is 0 Å². The summed E-state index contributed by atoms with van der Waals surface area (Å²) in [7, 11) is -3.35. The van der Waals surface area contributed by atoms with Crippen LogP contribution in [-0.4, -0.2) is 26.1 Å². The molecule has 0 saturated carbocycles. The first-order valence-corrected chi connectivity index (χ1v) is 7.42. The highest BCUT2D eigenvalue weighted by molar-refractivity contribution is 7.89. The lowest BCUT2D eigenvalue weighted by molar-refractivity contribution is 0.583. The average Bonchev–Trinajstić information content (AvgIpc) is 2.70. The molecule has 2 N–H and O–H groups in total. The quantitative estimate of drug-likeness (QED) is 0.765. The SMILES string of the molecule is CCNCc1cc(S(=O)(=O)NCC)cn1CC. The zero-order valence-electron chi connectivity index (χ0n) is 10.7. The molecule has 0 aliphatic rings. The summed E-state index contributed by atoms with van der Waals surface area (Å²) in [6.07, 6.45) is 1.69. The van der Waals surface area contributed by atoms with Gasteiger partial charge < -0.3 is 9.88 Å². The third-order valence-corrected chi connectivity index (χ3v) is 4.01. The largest absolute Gasteiger partial charge is 0.349 e. The van der Waals surface area contributed by atoms with Crippen LogP contribution >= 0.6 is 0 Å². The molecule has 0 aliphatic carbocycles. The summed E-state index contributed by atoms with van der Waals surface area (Å²) in [4.78, 5) is 0.342. The van der Waals surface area contributed by atoms with Crippen molar-refractivity contribution in [2.24, 2.45) is 0 Å². The van der Waals surface area contributed by atoms with Crippen molar-refractivity contribution >= 4 is 10.0 Å². The van der Waals surface area contributed by atoms with Crippen molar-refractivity contribution in [1.82, 2.24) is 14.6 Å². The molecule has 0 bridgehead atoms. The van der Waals surface area contributed by atoms with Crippen molar-refractivity contribution in [3.8, 4) is 0 Å². The number of hydrogen-bond acceptors (Lipinski definition) is 3. The third-order valence-electron chi connectivity index (χ3n) is 2.50. The number of nitrogens with one attached hydrogen (secondary N) is 2. The maximum atomic E-state index is 11.8. The minimum atomic E-state index is -3.35. The summed E-state index contributed by atoms with van der Waals surface area (Å²) in [5.74, 6) is 0. The monoisotopic (exact) mass is 259 g/mol. The lowest BCUT2D eigenvalue weighted by Gasteiger charge is -2.05. The van der Waals surface area contributed by atoms with E-state index in [1.807, 2.05) is 18.4 Å². The number of aryl methyl sites for hydroxylation is 1. The van der Waals surface area contributed by atoms with Crippen molar-refractivity contribution in [1.29, 1.82) is 0 Å². The number of rotatable bonds is 7. The van der Waals surface area contributed by atoms with Gasteiger partial charge in [-0.1, -0.05) is 13.8 Å². The van der Waals surface area contributed by atoms with Gasteiger partial charge in [-0.3, -0.25) is 0 Å². The normalized spacial score (nSPS) is 11.9. The highest BCUT2D eigenvalue weighted by Gasteiger charge is 2.16. The summed E-state index contributed by atoms with van der Waals surface area (Å²) >= 11 is 0. The van der Waals surface area contributed by atoms with E-state index >= 15 is 0 Å². The number of nitrogens with zero attached hydrogens (tertiary/aromatic N) is 1. The molecule has 0 spiro atoms. The Labute approximate surface area is 103 Å². The molecule has 0 radical (unpaired) electrons. The van der Waals surface area contributed by atoms with Gasteiger partial charge in [0, 0.05) is 31.5 Å². The Morgan fingerprint density at radius 1 is 1.24 bits per heavy atom. The van der Waals surface area contributed by atoms with Gasteiger partial charge in [0.25, 0.3) is 0 Å². The van der Waals surface area contributed by atoms with E-state index < -0.39 is 10.0 Å². The van der Waals surface area contributed by atoms with E-state index in [-0.39, 0.29) is 0 Å². The zero-order chi connectivity index (χ0) is 12.9. The first kappa shape index (κ1) is 14.2. The van der Waals surface area contributed by atoms with Gasteiger partial charge in [0.15, 0.2) is 0 Å². The van der Waals surface area contributed by atoms with Crippen LogP contribution in [0, 0.1) is 0 Å². The summed E-state index contributed by atoms with van der Waals surface area (Å²) in [6, 6.07) is 1.73. The molecule has 1 rings (SSSR count). The second kappa shape index (κ2) is 6.18. The van der Waals surface area contributed by atoms with Crippen LogP contribution in [-0.2, 0) is 23.1 Å². The lowest BCUT2D eigenvalue weighted by atomic mass is 10.4. The molecule has 5 nitrogen and oxygen atoms in total. The lowest BCUT2D eigenvalue weighted by Crippen LogP contribution is -2.22. The fourth-order valence-corrected chi connectivity index (χ4v) is 2.75. The average molecular weight is 259 g/mol. The molecule has 0 atom stereocenters. The summed E-state index contributed by atoms with van der Waals surface area (Å²) in [6.45, 7) is 8.52. The molecule has 6 heteroatoms. The summed E-state index contributed by atoms with van der Waals surface area (Å²) < 4.78 is 28.1. The smallest absolute Gasteiger partial charge is 0.242 e. The topological polar surface area (TPSA) is 63.1 Å². The molecule has 1 aromatic heterocycles. The van der Waals surface area contributed by atoms with Gasteiger partial charge in [0.05, 0.1) is 4.90 Å². The molecule has 17 heavy (non-hydrogen) atoms. The standard InChI is InChI=1S/C11H21N3O2S/c1-4-12-8-10-7-11(9-14(10)6-3)17(15,16)13-5-2/h7,9,12-13H,4-6,8H2,1-3H3. The van der Waals surface area contributed by atoms with Crippen LogP contribution in [0.4, 0.5) is 0 Å². The number of hydrogen-bond donors (Lipinski definition) is 2. The van der Waals surface area contributed by atoms with E-state index in [1.54, 1.807) is 19.2 Å². The maximum absolute atomic E-state index is 11.8. The molecule has 0 unspecified atom stereocenters. The van der Waals surface area contributed by atoms with Crippen molar-refractivity contribution < 1.29 is 8.42 Å². The zero-order valence-corrected chi connectivity index (χ0v) is 11.5. The summed E-state index contributed by atoms with van der Waals surface area (Å²) in [5, 5.41) is 3.20. The number of sulfonamides is 1. The van der Waals surface area contributed by atoms with Gasteiger partial charge in [-0.15, -0.1) is 0 Å². The van der Waals surface area contributed by atoms with Crippen LogP contribution < -0.4 is 10.0 Å². The number of aromatic nitrogens is 1. The van der Waals surface area contributed by atoms with Gasteiger partial charge >= 0.3 is 0 Å². The van der Waals surface area contributed by atoms with Crippen molar-refractivity contribution in [2.75, 3.05) is 13.1 Å². The first-order chi connectivity index (χ1) is 8.05. The van der Waals surface area contributed by atoms with Crippen molar-refractivity contribution in [3.63, 3.8) is 0 Å². The molecule has 0 amide bonds. The highest BCUT2D eigenvalue weighted by atomic mass is 32.2. The van der Waals surface area contributed by atoms with E-state index in [0.717, 1.165) is 18.8 Å². The molecule has 0 fully saturated rings. The Morgan fingerprint density at radius 2 is 1.94 bits per heavy atom. The van der Waals surface area contributed by atoms with E-state index in [0.29, 0.717) is 18.0 Å². The Hall–Kier alpha value is -0.850. The van der Waals surface area contributed by atoms with Crippen LogP contribution in [0.2, 0.25) is 0 Å². The van der Waals surface area contributed by atoms with Crippen LogP contribution in [0.1, 0.15) is 26.5 Å². The first-order valence-electron chi connectivity index (χ1n) is 5.94. The Balaban J connectivity index is 2.99. The van der Waals surface area contributed by atoms with E-state index in [1.165, 1.54) is 0 Å². The minimum Gasteiger partial charge on any atom is -0.349 e. The second-order valence-electron chi connectivity index (χ2n) is 3.73. The third kappa shape index (κ3) is 3.55. The molecular weight excluding hydrogens is 238 g/mol. The maximum Gasteiger partial charge on any atom is 0.242 e. The van der Waals surface area contributed by atoms with Crippen molar-refractivity contribution in [2.45, 2.75) is 38.8 Å². The molecule has 1 heterocycles. The molecule has 0 saturated heterocycles. The minimum absolute atomic E-state index is 0.342. The van der Waals surface area contributed by atoms with Gasteiger partial charge in [-0.2, -0.15) is 0 Å². The van der Waals surface area contributed by atoms with Crippen molar-refractivity contribution in [3.05, 3.63) is 18.0 Å². The predicted molar refractivity (Wildman–Crippen MR) is 68.3 cm³/mol. The van der Waals surface area contributed by atoms with E-state index in [4.69, 9.17) is 0 Å². The summed E-state index contributed by atoms with van der Waals surface area (Å²) in [5.41, 5.74) is 0.992. The Morgan fingerprint density at radius 3 is 2.47 bits per heavy atom. The second-order valence-corrected chi connectivity index (χ2v) is 5.50. The van der Waals surface area contributed by atoms with E-state index in [2.05, 4.69) is 10.0 Å². The van der Waals surface area contributed by atoms with Gasteiger partial charge in [-0.05, 0) is 19.5 Å². The molecule has 0 aromatic carbocycles. The Bertz CT molecular complexity index is 451. The van der Waals surface area contributed by atoms with Crippen LogP contribution in [0.15, 0.2) is 17.2 Å². The van der Waals surface area contributed by atoms with Gasteiger partial charge in [-0.25, -0.2) is 13.1 Å². The van der Waals surface area contributed by atoms with Crippen LogP contribution in [0.25, 0.3) is 0 Å². The Kier molecular flexibility index (Phi) is 5.17. The fraction of sp³-hybridized carbons (Fsp3) is 0.636. The van der Waals surface area contributed by atoms with Gasteiger partial charge in [0.1, 0.15) is 0 Å². The molecule has 1 aromatic rings. The predicted octanol–water partition coefficient (Wildman–Crippen LogP) is 0.916. The molecular formula is C11H21N3O2S. The highest BCUT2D eigenvalue weighted by Crippen LogP contribution is 2.14. The van der Waals surface area contributed by atoms with Crippen LogP contribution in [0.3, 0.4) is 0 Å². The van der Waals surface area contributed by atoms with Gasteiger partial charge in [0.2, 0.25) is 10.0 Å². The fourth-order valence-electron chi connectivity index (χ4n) is 1.64. The molecule has 98 valence electrons.